The molecule has 0 radical (unpaired) electrons. The number of likely N-dealkylation sites (N-methyl/N-ethyl adjacent to an activating group) is 1. The van der Waals surface area contributed by atoms with Gasteiger partial charge in [0.05, 0.1) is 23.5 Å². The summed E-state index contributed by atoms with van der Waals surface area (Å²) in [6.45, 7) is 5.26. The SMILES string of the molecule is Cc1ccccc1C(C)(O)c1c(Cl)cnn1CCN(C)C. The molecule has 0 aliphatic rings. The number of aliphatic hydroxyl groups is 1. The Morgan fingerprint density at radius 2 is 2.00 bits per heavy atom. The zero-order chi connectivity index (χ0) is 15.6. The van der Waals surface area contributed by atoms with Crippen molar-refractivity contribution in [3.63, 3.8) is 0 Å². The van der Waals surface area contributed by atoms with Crippen LogP contribution in [0.15, 0.2) is 30.5 Å². The van der Waals surface area contributed by atoms with Crippen LogP contribution in [0.4, 0.5) is 0 Å². The zero-order valence-electron chi connectivity index (χ0n) is 13.0. The van der Waals surface area contributed by atoms with Gasteiger partial charge in [-0.2, -0.15) is 5.10 Å². The normalized spacial score (nSPS) is 14.4. The third-order valence-corrected chi connectivity index (χ3v) is 3.96. The maximum atomic E-state index is 11.1. The van der Waals surface area contributed by atoms with Crippen molar-refractivity contribution in [2.24, 2.45) is 0 Å². The van der Waals surface area contributed by atoms with Crippen LogP contribution >= 0.6 is 11.6 Å². The molecule has 2 aromatic rings. The minimum atomic E-state index is -1.18. The van der Waals surface area contributed by atoms with Gasteiger partial charge in [-0.3, -0.25) is 4.68 Å². The Morgan fingerprint density at radius 3 is 2.62 bits per heavy atom. The van der Waals surface area contributed by atoms with E-state index >= 15 is 0 Å². The van der Waals surface area contributed by atoms with Crippen LogP contribution in [-0.4, -0.2) is 40.4 Å². The van der Waals surface area contributed by atoms with E-state index in [1.807, 2.05) is 45.3 Å². The van der Waals surface area contributed by atoms with Crippen LogP contribution in [0.1, 0.15) is 23.7 Å². The molecular weight excluding hydrogens is 286 g/mol. The topological polar surface area (TPSA) is 41.3 Å². The van der Waals surface area contributed by atoms with Gasteiger partial charge in [0.1, 0.15) is 5.60 Å². The summed E-state index contributed by atoms with van der Waals surface area (Å²) in [6, 6.07) is 7.79. The highest BCUT2D eigenvalue weighted by molar-refractivity contribution is 6.31. The van der Waals surface area contributed by atoms with E-state index in [0.29, 0.717) is 17.3 Å². The summed E-state index contributed by atoms with van der Waals surface area (Å²) in [5.41, 5.74) is 1.34. The Kier molecular flexibility index (Phi) is 4.71. The molecule has 0 saturated carbocycles. The molecule has 0 fully saturated rings. The lowest BCUT2D eigenvalue weighted by atomic mass is 9.89. The van der Waals surface area contributed by atoms with Gasteiger partial charge < -0.3 is 10.0 Å². The number of hydrogen-bond donors (Lipinski definition) is 1. The summed E-state index contributed by atoms with van der Waals surface area (Å²) in [5.74, 6) is 0. The Hall–Kier alpha value is -1.36. The molecule has 0 spiro atoms. The minimum Gasteiger partial charge on any atom is -0.379 e. The zero-order valence-corrected chi connectivity index (χ0v) is 13.7. The first-order valence-corrected chi connectivity index (χ1v) is 7.37. The van der Waals surface area contributed by atoms with Gasteiger partial charge in [-0.15, -0.1) is 0 Å². The number of nitrogens with zero attached hydrogens (tertiary/aromatic N) is 3. The summed E-state index contributed by atoms with van der Waals surface area (Å²) < 4.78 is 1.79. The fourth-order valence-corrected chi connectivity index (χ4v) is 2.88. The number of hydrogen-bond acceptors (Lipinski definition) is 3. The first-order valence-electron chi connectivity index (χ1n) is 6.99. The molecule has 21 heavy (non-hydrogen) atoms. The molecule has 5 heteroatoms. The van der Waals surface area contributed by atoms with Crippen molar-refractivity contribution < 1.29 is 5.11 Å². The summed E-state index contributed by atoms with van der Waals surface area (Å²) in [7, 11) is 4.01. The third kappa shape index (κ3) is 3.28. The molecule has 4 nitrogen and oxygen atoms in total. The van der Waals surface area contributed by atoms with Crippen LogP contribution in [0, 0.1) is 6.92 Å². The minimum absolute atomic E-state index is 0.488. The molecule has 0 aliphatic heterocycles. The Bertz CT molecular complexity index is 620. The van der Waals surface area contributed by atoms with E-state index in [4.69, 9.17) is 11.6 Å². The van der Waals surface area contributed by atoms with E-state index in [-0.39, 0.29) is 0 Å². The van der Waals surface area contributed by atoms with Gasteiger partial charge in [-0.05, 0) is 39.1 Å². The van der Waals surface area contributed by atoms with E-state index in [0.717, 1.165) is 17.7 Å². The maximum absolute atomic E-state index is 11.1. The number of aromatic nitrogens is 2. The molecule has 2 rings (SSSR count). The highest BCUT2D eigenvalue weighted by Crippen LogP contribution is 2.35. The highest BCUT2D eigenvalue weighted by atomic mass is 35.5. The summed E-state index contributed by atoms with van der Waals surface area (Å²) >= 11 is 6.29. The molecule has 1 aromatic carbocycles. The van der Waals surface area contributed by atoms with Gasteiger partial charge in [0, 0.05) is 6.54 Å². The molecule has 1 N–H and O–H groups in total. The van der Waals surface area contributed by atoms with Gasteiger partial charge in [-0.25, -0.2) is 0 Å². The summed E-state index contributed by atoms with van der Waals surface area (Å²) in [6.07, 6.45) is 1.60. The van der Waals surface area contributed by atoms with Gasteiger partial charge >= 0.3 is 0 Å². The van der Waals surface area contributed by atoms with Crippen LogP contribution in [0.2, 0.25) is 5.02 Å². The van der Waals surface area contributed by atoms with E-state index in [2.05, 4.69) is 10.00 Å². The lowest BCUT2D eigenvalue weighted by Crippen LogP contribution is -2.30. The Labute approximate surface area is 131 Å². The fourth-order valence-electron chi connectivity index (χ4n) is 2.56. The second-order valence-electron chi connectivity index (χ2n) is 5.75. The lowest BCUT2D eigenvalue weighted by molar-refractivity contribution is 0.0903. The smallest absolute Gasteiger partial charge is 0.130 e. The highest BCUT2D eigenvalue weighted by Gasteiger charge is 2.33. The first-order chi connectivity index (χ1) is 9.84. The molecule has 1 unspecified atom stereocenters. The van der Waals surface area contributed by atoms with Gasteiger partial charge in [0.2, 0.25) is 0 Å². The van der Waals surface area contributed by atoms with Crippen molar-refractivity contribution in [3.8, 4) is 0 Å². The fraction of sp³-hybridized carbons (Fsp3) is 0.438. The summed E-state index contributed by atoms with van der Waals surface area (Å²) in [4.78, 5) is 2.07. The van der Waals surface area contributed by atoms with Crippen molar-refractivity contribution in [3.05, 3.63) is 52.3 Å². The van der Waals surface area contributed by atoms with Crippen molar-refractivity contribution >= 4 is 11.6 Å². The average molecular weight is 308 g/mol. The second kappa shape index (κ2) is 6.18. The quantitative estimate of drug-likeness (QED) is 0.923. The van der Waals surface area contributed by atoms with Crippen LogP contribution in [0.3, 0.4) is 0 Å². The van der Waals surface area contributed by atoms with E-state index < -0.39 is 5.60 Å². The van der Waals surface area contributed by atoms with E-state index in [1.54, 1.807) is 17.8 Å². The summed E-state index contributed by atoms with van der Waals surface area (Å²) in [5, 5.41) is 15.9. The van der Waals surface area contributed by atoms with Gasteiger partial charge in [-0.1, -0.05) is 35.9 Å². The van der Waals surface area contributed by atoms with E-state index in [1.165, 1.54) is 0 Å². The molecule has 0 amide bonds. The van der Waals surface area contributed by atoms with Crippen LogP contribution in [0.25, 0.3) is 0 Å². The Morgan fingerprint density at radius 1 is 1.33 bits per heavy atom. The van der Waals surface area contributed by atoms with Crippen molar-refractivity contribution in [2.45, 2.75) is 26.0 Å². The third-order valence-electron chi connectivity index (χ3n) is 3.68. The first kappa shape index (κ1) is 16.0. The lowest BCUT2D eigenvalue weighted by Gasteiger charge is -2.27. The molecule has 0 aliphatic carbocycles. The van der Waals surface area contributed by atoms with Crippen molar-refractivity contribution in [1.82, 2.24) is 14.7 Å². The number of halogens is 1. The molecule has 1 atom stereocenters. The Balaban J connectivity index is 2.45. The monoisotopic (exact) mass is 307 g/mol. The molecule has 114 valence electrons. The van der Waals surface area contributed by atoms with Gasteiger partial charge in [0.15, 0.2) is 0 Å². The largest absolute Gasteiger partial charge is 0.379 e. The van der Waals surface area contributed by atoms with Crippen molar-refractivity contribution in [1.29, 1.82) is 0 Å². The predicted molar refractivity (Wildman–Crippen MR) is 85.6 cm³/mol. The number of aryl methyl sites for hydroxylation is 1. The molecule has 0 saturated heterocycles. The molecule has 1 heterocycles. The predicted octanol–water partition coefficient (Wildman–Crippen LogP) is 2.66. The molecule has 0 bridgehead atoms. The van der Waals surface area contributed by atoms with Crippen LogP contribution in [-0.2, 0) is 12.1 Å². The second-order valence-corrected chi connectivity index (χ2v) is 6.16. The van der Waals surface area contributed by atoms with E-state index in [9.17, 15) is 5.11 Å². The standard InChI is InChI=1S/C16H22ClN3O/c1-12-7-5-6-8-13(12)16(2,21)15-14(17)11-18-20(15)10-9-19(3)4/h5-8,11,21H,9-10H2,1-4H3. The van der Waals surface area contributed by atoms with Crippen molar-refractivity contribution in [2.75, 3.05) is 20.6 Å². The van der Waals surface area contributed by atoms with Crippen LogP contribution < -0.4 is 0 Å². The number of rotatable bonds is 5. The van der Waals surface area contributed by atoms with Gasteiger partial charge in [0.25, 0.3) is 0 Å². The maximum Gasteiger partial charge on any atom is 0.130 e. The van der Waals surface area contributed by atoms with Crippen LogP contribution in [0.5, 0.6) is 0 Å². The number of benzene rings is 1. The molecular formula is C16H22ClN3O. The average Bonchev–Trinajstić information content (AvgIpc) is 2.78. The molecule has 1 aromatic heterocycles.